The Morgan fingerprint density at radius 3 is 2.11 bits per heavy atom. The number of nitrogens with zero attached hydrogens (tertiary/aromatic N) is 2. The molecule has 2 aromatic carbocycles. The lowest BCUT2D eigenvalue weighted by atomic mass is 9.97. The molecule has 1 fully saturated rings. The highest BCUT2D eigenvalue weighted by Crippen LogP contribution is 2.35. The van der Waals surface area contributed by atoms with E-state index in [-0.39, 0.29) is 18.0 Å². The van der Waals surface area contributed by atoms with Crippen LogP contribution in [0.4, 0.5) is 5.69 Å². The predicted molar refractivity (Wildman–Crippen MR) is 106 cm³/mol. The number of hydrogen-bond acceptors (Lipinski definition) is 3. The average molecular weight is 407 g/mol. The molecule has 1 aliphatic heterocycles. The second-order valence-electron chi connectivity index (χ2n) is 6.67. The normalized spacial score (nSPS) is 19.8. The number of carboxylic acids is 1. The van der Waals surface area contributed by atoms with Gasteiger partial charge in [-0.15, -0.1) is 0 Å². The molecule has 2 atom stereocenters. The Morgan fingerprint density at radius 2 is 1.56 bits per heavy atom. The summed E-state index contributed by atoms with van der Waals surface area (Å²) in [6.07, 6.45) is -0.499. The number of anilines is 1. The third kappa shape index (κ3) is 4.54. The van der Waals surface area contributed by atoms with E-state index < -0.39 is 12.4 Å². The molecule has 0 bridgehead atoms. The summed E-state index contributed by atoms with van der Waals surface area (Å²) in [7, 11) is 0. The molecule has 1 N–H and O–H groups in total. The summed E-state index contributed by atoms with van der Waals surface area (Å²) in [5.41, 5.74) is 2.01. The van der Waals surface area contributed by atoms with Crippen LogP contribution in [0.15, 0.2) is 48.5 Å². The van der Waals surface area contributed by atoms with E-state index in [0.29, 0.717) is 23.1 Å². The first-order chi connectivity index (χ1) is 12.8. The minimum absolute atomic E-state index is 0.00153. The van der Waals surface area contributed by atoms with E-state index in [1.807, 2.05) is 55.5 Å². The third-order valence-corrected chi connectivity index (χ3v) is 5.23. The highest BCUT2D eigenvalue weighted by molar-refractivity contribution is 6.30. The van der Waals surface area contributed by atoms with Crippen molar-refractivity contribution in [2.45, 2.75) is 25.4 Å². The molecule has 1 saturated heterocycles. The van der Waals surface area contributed by atoms with Crippen molar-refractivity contribution in [1.82, 2.24) is 4.90 Å². The Kier molecular flexibility index (Phi) is 5.92. The Hall–Kier alpha value is -2.24. The van der Waals surface area contributed by atoms with Crippen molar-refractivity contribution in [3.8, 4) is 0 Å². The first-order valence-electron chi connectivity index (χ1n) is 8.64. The standard InChI is InChI=1S/C20H20Cl2N2O3/c1-13-11-23(19(25)10-20(26)27)12-18(14-2-4-15(21)5-3-14)24(13)17-8-6-16(22)7-9-17/h2-9,13,18H,10-12H2,1H3,(H,26,27)/t13-,18-/m0/s1. The van der Waals surface area contributed by atoms with Gasteiger partial charge in [-0.05, 0) is 48.9 Å². The number of carbonyl (C=O) groups excluding carboxylic acids is 1. The summed E-state index contributed by atoms with van der Waals surface area (Å²) < 4.78 is 0. The van der Waals surface area contributed by atoms with Crippen LogP contribution in [-0.2, 0) is 9.59 Å². The number of aliphatic carboxylic acids is 1. The molecule has 3 rings (SSSR count). The van der Waals surface area contributed by atoms with Crippen molar-refractivity contribution in [2.24, 2.45) is 0 Å². The molecule has 0 aromatic heterocycles. The first-order valence-corrected chi connectivity index (χ1v) is 9.39. The number of carboxylic acid groups (broad SMARTS) is 1. The van der Waals surface area contributed by atoms with Crippen molar-refractivity contribution in [2.75, 3.05) is 18.0 Å². The number of rotatable bonds is 4. The van der Waals surface area contributed by atoms with Gasteiger partial charge in [0.2, 0.25) is 5.91 Å². The number of hydrogen-bond donors (Lipinski definition) is 1. The molecule has 0 saturated carbocycles. The van der Waals surface area contributed by atoms with E-state index in [0.717, 1.165) is 11.3 Å². The fourth-order valence-corrected chi connectivity index (χ4v) is 3.78. The van der Waals surface area contributed by atoms with Gasteiger partial charge in [-0.1, -0.05) is 35.3 Å². The quantitative estimate of drug-likeness (QED) is 0.770. The van der Waals surface area contributed by atoms with E-state index in [2.05, 4.69) is 4.90 Å². The van der Waals surface area contributed by atoms with Gasteiger partial charge in [-0.25, -0.2) is 0 Å². The van der Waals surface area contributed by atoms with Crippen molar-refractivity contribution in [3.05, 3.63) is 64.1 Å². The average Bonchev–Trinajstić information content (AvgIpc) is 2.62. The molecular formula is C20H20Cl2N2O3. The molecule has 1 amide bonds. The van der Waals surface area contributed by atoms with Crippen LogP contribution < -0.4 is 4.90 Å². The molecule has 5 nitrogen and oxygen atoms in total. The molecule has 2 aromatic rings. The summed E-state index contributed by atoms with van der Waals surface area (Å²) in [5.74, 6) is -1.49. The summed E-state index contributed by atoms with van der Waals surface area (Å²) in [6.45, 7) is 2.89. The van der Waals surface area contributed by atoms with Gasteiger partial charge < -0.3 is 14.9 Å². The van der Waals surface area contributed by atoms with Crippen LogP contribution in [0, 0.1) is 0 Å². The fraction of sp³-hybridized carbons (Fsp3) is 0.300. The SMILES string of the molecule is C[C@H]1CN(C(=O)CC(=O)O)C[C@@H](c2ccc(Cl)cc2)N1c1ccc(Cl)cc1. The summed E-state index contributed by atoms with van der Waals surface area (Å²) >= 11 is 12.1. The molecule has 1 aliphatic rings. The van der Waals surface area contributed by atoms with Crippen LogP contribution >= 0.6 is 23.2 Å². The smallest absolute Gasteiger partial charge is 0.312 e. The van der Waals surface area contributed by atoms with Crippen molar-refractivity contribution in [3.63, 3.8) is 0 Å². The van der Waals surface area contributed by atoms with E-state index in [4.69, 9.17) is 28.3 Å². The zero-order chi connectivity index (χ0) is 19.6. The molecule has 0 radical (unpaired) electrons. The second-order valence-corrected chi connectivity index (χ2v) is 7.54. The van der Waals surface area contributed by atoms with Crippen LogP contribution in [0.25, 0.3) is 0 Å². The van der Waals surface area contributed by atoms with Crippen LogP contribution in [0.1, 0.15) is 24.9 Å². The Labute approximate surface area is 168 Å². The lowest BCUT2D eigenvalue weighted by Gasteiger charge is -2.47. The van der Waals surface area contributed by atoms with E-state index in [9.17, 15) is 9.59 Å². The van der Waals surface area contributed by atoms with Crippen LogP contribution in [0.5, 0.6) is 0 Å². The van der Waals surface area contributed by atoms with Gasteiger partial charge in [0.25, 0.3) is 0 Å². The van der Waals surface area contributed by atoms with Gasteiger partial charge >= 0.3 is 5.97 Å². The number of halogens is 2. The highest BCUT2D eigenvalue weighted by Gasteiger charge is 2.35. The Balaban J connectivity index is 1.96. The first kappa shape index (κ1) is 19.5. The predicted octanol–water partition coefficient (Wildman–Crippen LogP) is 4.25. The third-order valence-electron chi connectivity index (χ3n) is 4.72. The topological polar surface area (TPSA) is 60.9 Å². The molecular weight excluding hydrogens is 387 g/mol. The second kappa shape index (κ2) is 8.19. The Morgan fingerprint density at radius 1 is 1.00 bits per heavy atom. The van der Waals surface area contributed by atoms with Gasteiger partial charge in [0.15, 0.2) is 0 Å². The lowest BCUT2D eigenvalue weighted by molar-refractivity contribution is -0.144. The fourth-order valence-electron chi connectivity index (χ4n) is 3.53. The highest BCUT2D eigenvalue weighted by atomic mass is 35.5. The number of carbonyl (C=O) groups is 2. The molecule has 0 spiro atoms. The van der Waals surface area contributed by atoms with Gasteiger partial charge in [-0.3, -0.25) is 9.59 Å². The summed E-state index contributed by atoms with van der Waals surface area (Å²) in [5, 5.41) is 10.3. The summed E-state index contributed by atoms with van der Waals surface area (Å²) in [6, 6.07) is 15.0. The molecule has 0 unspecified atom stereocenters. The molecule has 7 heteroatoms. The molecule has 0 aliphatic carbocycles. The van der Waals surface area contributed by atoms with E-state index >= 15 is 0 Å². The minimum atomic E-state index is -1.11. The number of piperazine rings is 1. The Bertz CT molecular complexity index is 824. The van der Waals surface area contributed by atoms with Crippen LogP contribution in [0.3, 0.4) is 0 Å². The van der Waals surface area contributed by atoms with Gasteiger partial charge in [-0.2, -0.15) is 0 Å². The van der Waals surface area contributed by atoms with Crippen molar-refractivity contribution in [1.29, 1.82) is 0 Å². The maximum Gasteiger partial charge on any atom is 0.312 e. The molecule has 142 valence electrons. The van der Waals surface area contributed by atoms with Crippen LogP contribution in [0.2, 0.25) is 10.0 Å². The summed E-state index contributed by atoms with van der Waals surface area (Å²) in [4.78, 5) is 27.2. The maximum atomic E-state index is 12.4. The monoisotopic (exact) mass is 406 g/mol. The zero-order valence-corrected chi connectivity index (χ0v) is 16.3. The molecule has 27 heavy (non-hydrogen) atoms. The largest absolute Gasteiger partial charge is 0.481 e. The van der Waals surface area contributed by atoms with Crippen molar-refractivity contribution >= 4 is 40.8 Å². The van der Waals surface area contributed by atoms with Crippen LogP contribution in [-0.4, -0.2) is 41.0 Å². The van der Waals surface area contributed by atoms with Gasteiger partial charge in [0, 0.05) is 34.9 Å². The van der Waals surface area contributed by atoms with Gasteiger partial charge in [0.05, 0.1) is 6.04 Å². The van der Waals surface area contributed by atoms with E-state index in [1.54, 1.807) is 4.90 Å². The maximum absolute atomic E-state index is 12.4. The zero-order valence-electron chi connectivity index (χ0n) is 14.8. The van der Waals surface area contributed by atoms with Crippen molar-refractivity contribution < 1.29 is 14.7 Å². The lowest BCUT2D eigenvalue weighted by Crippen LogP contribution is -2.55. The number of amides is 1. The van der Waals surface area contributed by atoms with Gasteiger partial charge in [0.1, 0.15) is 6.42 Å². The minimum Gasteiger partial charge on any atom is -0.481 e. The van der Waals surface area contributed by atoms with E-state index in [1.165, 1.54) is 0 Å². The molecule has 1 heterocycles. The number of benzene rings is 2.